The highest BCUT2D eigenvalue weighted by Gasteiger charge is 2.74. The number of ketones is 1. The fourth-order valence-electron chi connectivity index (χ4n) is 7.70. The Morgan fingerprint density at radius 1 is 1.27 bits per heavy atom. The van der Waals surface area contributed by atoms with Crippen molar-refractivity contribution in [3.05, 3.63) is 23.8 Å². The predicted octanol–water partition coefficient (Wildman–Crippen LogP) is 3.72. The molecule has 0 aliphatic heterocycles. The van der Waals surface area contributed by atoms with Crippen molar-refractivity contribution in [2.75, 3.05) is 7.11 Å². The van der Waals surface area contributed by atoms with Crippen LogP contribution < -0.4 is 0 Å². The van der Waals surface area contributed by atoms with E-state index in [-0.39, 0.29) is 36.4 Å². The summed E-state index contributed by atoms with van der Waals surface area (Å²) in [6, 6.07) is 0. The highest BCUT2D eigenvalue weighted by molar-refractivity contribution is 6.53. The van der Waals surface area contributed by atoms with E-state index in [1.165, 1.54) is 19.3 Å². The molecule has 0 aromatic rings. The molecule has 0 bridgehead atoms. The van der Waals surface area contributed by atoms with Crippen LogP contribution in [0.15, 0.2) is 23.8 Å². The highest BCUT2D eigenvalue weighted by Crippen LogP contribution is 2.69. The number of fused-ring (bicyclic) bond motifs is 5. The van der Waals surface area contributed by atoms with Gasteiger partial charge in [0.25, 0.3) is 0 Å². The SMILES string of the molecule is COC(=O)[C@@]1(OC(=O)C(Cl)Cl)[C@H](C)C[C@H]2[C@@H]3C[C@H](F)C4=CC(=O)C=C[C@]4(C)[C@H]3[C@@H](O)C[C@@]21C. The zero-order valence-electron chi connectivity index (χ0n) is 19.0. The lowest BCUT2D eigenvalue weighted by atomic mass is 9.46. The van der Waals surface area contributed by atoms with E-state index in [9.17, 15) is 19.5 Å². The minimum Gasteiger partial charge on any atom is -0.466 e. The summed E-state index contributed by atoms with van der Waals surface area (Å²) in [5.74, 6) is -3.37. The molecule has 0 aromatic carbocycles. The second-order valence-corrected chi connectivity index (χ2v) is 11.5. The quantitative estimate of drug-likeness (QED) is 0.467. The van der Waals surface area contributed by atoms with Gasteiger partial charge in [0.05, 0.1) is 13.2 Å². The Labute approximate surface area is 202 Å². The molecule has 9 atom stereocenters. The molecule has 0 aromatic heterocycles. The molecule has 0 heterocycles. The Kier molecular flexibility index (Phi) is 6.03. The second-order valence-electron chi connectivity index (χ2n) is 10.4. The first-order chi connectivity index (χ1) is 15.3. The Bertz CT molecular complexity index is 949. The Morgan fingerprint density at radius 3 is 2.55 bits per heavy atom. The summed E-state index contributed by atoms with van der Waals surface area (Å²) in [6.45, 7) is 5.44. The van der Waals surface area contributed by atoms with Gasteiger partial charge in [0.2, 0.25) is 10.4 Å². The minimum absolute atomic E-state index is 0.107. The van der Waals surface area contributed by atoms with Crippen LogP contribution in [0.3, 0.4) is 0 Å². The lowest BCUT2D eigenvalue weighted by Gasteiger charge is -2.60. The second kappa shape index (κ2) is 8.06. The molecule has 6 nitrogen and oxygen atoms in total. The summed E-state index contributed by atoms with van der Waals surface area (Å²) >= 11 is 11.5. The number of alkyl halides is 3. The van der Waals surface area contributed by atoms with Crippen molar-refractivity contribution in [1.29, 1.82) is 0 Å². The van der Waals surface area contributed by atoms with Crippen LogP contribution in [0, 0.1) is 34.5 Å². The molecule has 1 N–H and O–H groups in total. The van der Waals surface area contributed by atoms with Crippen LogP contribution in [0.1, 0.15) is 40.0 Å². The highest BCUT2D eigenvalue weighted by atomic mass is 35.5. The zero-order chi connectivity index (χ0) is 24.5. The molecule has 4 aliphatic carbocycles. The summed E-state index contributed by atoms with van der Waals surface area (Å²) in [5, 5.41) is 11.5. The largest absolute Gasteiger partial charge is 0.466 e. The molecule has 4 rings (SSSR count). The molecule has 0 amide bonds. The number of carbonyl (C=O) groups excluding carboxylic acids is 3. The molecule has 0 radical (unpaired) electrons. The molecule has 0 spiro atoms. The van der Waals surface area contributed by atoms with E-state index >= 15 is 4.39 Å². The molecule has 3 saturated carbocycles. The van der Waals surface area contributed by atoms with Crippen molar-refractivity contribution < 1.29 is 33.4 Å². The number of hydrogen-bond donors (Lipinski definition) is 1. The lowest BCUT2D eigenvalue weighted by Crippen LogP contribution is -2.64. The van der Waals surface area contributed by atoms with E-state index in [1.54, 1.807) is 19.9 Å². The number of aliphatic hydroxyl groups excluding tert-OH is 1. The minimum atomic E-state index is -1.72. The van der Waals surface area contributed by atoms with Gasteiger partial charge >= 0.3 is 11.9 Å². The number of aliphatic hydroxyl groups is 1. The van der Waals surface area contributed by atoms with Gasteiger partial charge in [-0.05, 0) is 48.8 Å². The van der Waals surface area contributed by atoms with Gasteiger partial charge in [-0.3, -0.25) is 4.79 Å². The van der Waals surface area contributed by atoms with Crippen molar-refractivity contribution in [2.45, 2.75) is 62.7 Å². The number of allylic oxidation sites excluding steroid dienone is 4. The summed E-state index contributed by atoms with van der Waals surface area (Å²) in [4.78, 5) is 36.2. The topological polar surface area (TPSA) is 89.9 Å². The number of methoxy groups -OCH3 is 1. The molecular weight excluding hydrogens is 474 g/mol. The smallest absolute Gasteiger partial charge is 0.351 e. The maximum Gasteiger partial charge on any atom is 0.351 e. The van der Waals surface area contributed by atoms with Crippen LogP contribution in [0.2, 0.25) is 0 Å². The first-order valence-corrected chi connectivity index (χ1v) is 12.1. The van der Waals surface area contributed by atoms with Gasteiger partial charge in [-0.2, -0.15) is 0 Å². The number of esters is 2. The molecular formula is C24H29Cl2FO6. The lowest BCUT2D eigenvalue weighted by molar-refractivity contribution is -0.217. The van der Waals surface area contributed by atoms with Crippen LogP contribution in [0.25, 0.3) is 0 Å². The van der Waals surface area contributed by atoms with E-state index in [4.69, 9.17) is 32.7 Å². The average Bonchev–Trinajstić information content (AvgIpc) is 2.96. The van der Waals surface area contributed by atoms with Crippen molar-refractivity contribution in [3.8, 4) is 0 Å². The van der Waals surface area contributed by atoms with Crippen molar-refractivity contribution in [3.63, 3.8) is 0 Å². The summed E-state index contributed by atoms with van der Waals surface area (Å²) in [6.07, 6.45) is 2.88. The number of hydrogen-bond acceptors (Lipinski definition) is 6. The third-order valence-corrected chi connectivity index (χ3v) is 9.30. The van der Waals surface area contributed by atoms with Crippen LogP contribution in [0.4, 0.5) is 4.39 Å². The maximum atomic E-state index is 15.5. The van der Waals surface area contributed by atoms with Crippen LogP contribution in [-0.2, 0) is 23.9 Å². The fraction of sp³-hybridized carbons (Fsp3) is 0.708. The maximum absolute atomic E-state index is 15.5. The fourth-order valence-corrected chi connectivity index (χ4v) is 7.79. The monoisotopic (exact) mass is 502 g/mol. The van der Waals surface area contributed by atoms with Gasteiger partial charge < -0.3 is 14.6 Å². The first-order valence-electron chi connectivity index (χ1n) is 11.2. The van der Waals surface area contributed by atoms with Gasteiger partial charge in [-0.1, -0.05) is 50.0 Å². The summed E-state index contributed by atoms with van der Waals surface area (Å²) in [7, 11) is 1.21. The van der Waals surface area contributed by atoms with Gasteiger partial charge in [0, 0.05) is 22.7 Å². The van der Waals surface area contributed by atoms with Gasteiger partial charge in [-0.15, -0.1) is 0 Å². The Balaban J connectivity index is 1.82. The third kappa shape index (κ3) is 3.25. The molecule has 0 saturated heterocycles. The number of ether oxygens (including phenoxy) is 2. The van der Waals surface area contributed by atoms with Gasteiger partial charge in [-0.25, -0.2) is 14.0 Å². The van der Waals surface area contributed by atoms with Crippen LogP contribution in [0.5, 0.6) is 0 Å². The molecule has 33 heavy (non-hydrogen) atoms. The molecule has 9 heteroatoms. The van der Waals surface area contributed by atoms with Gasteiger partial charge in [0.15, 0.2) is 5.78 Å². The standard InChI is InChI=1S/C24H29Cl2FO6/c1-11-7-14-13-9-16(27)15-8-12(28)5-6-22(15,2)18(13)17(29)10-23(14,3)24(11,21(31)32-4)33-20(30)19(25)26/h5-6,8,11,13-14,16-19,29H,7,9-10H2,1-4H3/t11-,13+,14+,16+,17+,18-,22+,23+,24+/m1/s1. The summed E-state index contributed by atoms with van der Waals surface area (Å²) in [5.41, 5.74) is -3.20. The van der Waals surface area contributed by atoms with E-state index < -0.39 is 51.4 Å². The summed E-state index contributed by atoms with van der Waals surface area (Å²) < 4.78 is 26.3. The number of halogens is 3. The normalized spacial score (nSPS) is 46.2. The first kappa shape index (κ1) is 24.7. The van der Waals surface area contributed by atoms with E-state index in [1.807, 2.05) is 6.92 Å². The Hall–Kier alpha value is -1.44. The molecule has 0 unspecified atom stereocenters. The van der Waals surface area contributed by atoms with Crippen molar-refractivity contribution in [1.82, 2.24) is 0 Å². The van der Waals surface area contributed by atoms with Crippen LogP contribution >= 0.6 is 23.2 Å². The van der Waals surface area contributed by atoms with E-state index in [0.29, 0.717) is 12.0 Å². The zero-order valence-corrected chi connectivity index (χ0v) is 20.5. The Morgan fingerprint density at radius 2 is 1.94 bits per heavy atom. The van der Waals surface area contributed by atoms with Crippen molar-refractivity contribution >= 4 is 40.9 Å². The molecule has 3 fully saturated rings. The van der Waals surface area contributed by atoms with Gasteiger partial charge in [0.1, 0.15) is 6.17 Å². The van der Waals surface area contributed by atoms with E-state index in [2.05, 4.69) is 0 Å². The van der Waals surface area contributed by atoms with Crippen LogP contribution in [-0.4, -0.2) is 52.7 Å². The van der Waals surface area contributed by atoms with E-state index in [0.717, 1.165) is 0 Å². The number of rotatable bonds is 3. The average molecular weight is 503 g/mol. The third-order valence-electron chi connectivity index (χ3n) is 8.95. The predicted molar refractivity (Wildman–Crippen MR) is 119 cm³/mol. The number of carbonyl (C=O) groups is 3. The molecule has 4 aliphatic rings. The van der Waals surface area contributed by atoms with Crippen molar-refractivity contribution in [2.24, 2.45) is 34.5 Å². The molecule has 182 valence electrons.